The molecule has 0 radical (unpaired) electrons. The largest absolute Gasteiger partial charge is 0.387 e. The molecule has 3 heteroatoms. The molecule has 12 heavy (non-hydrogen) atoms. The topological polar surface area (TPSA) is 67.9 Å². The summed E-state index contributed by atoms with van der Waals surface area (Å²) in [6, 6.07) is 0. The van der Waals surface area contributed by atoms with Gasteiger partial charge in [-0.2, -0.15) is 0 Å². The molecule has 0 aromatic heterocycles. The van der Waals surface area contributed by atoms with E-state index in [0.717, 1.165) is 19.3 Å². The maximum absolute atomic E-state index is 9.41. The fourth-order valence-electron chi connectivity index (χ4n) is 1.13. The molecule has 0 heterocycles. The first kappa shape index (κ1) is 11.3. The first-order chi connectivity index (χ1) is 5.59. The van der Waals surface area contributed by atoms with Gasteiger partial charge in [0, 0.05) is 5.71 Å². The zero-order chi connectivity index (χ0) is 9.56. The minimum atomic E-state index is -0.601. The number of hydrogen-bond donors (Lipinski definition) is 3. The average molecular weight is 170 g/mol. The van der Waals surface area contributed by atoms with Gasteiger partial charge in [-0.05, 0) is 38.3 Å². The monoisotopic (exact) mass is 170 g/mol. The molecule has 3 N–H and O–H groups in total. The van der Waals surface area contributed by atoms with Gasteiger partial charge in [0.15, 0.2) is 0 Å². The normalized spacial score (nSPS) is 15.2. The van der Waals surface area contributed by atoms with Crippen molar-refractivity contribution in [1.29, 1.82) is 10.8 Å². The fourth-order valence-corrected chi connectivity index (χ4v) is 1.13. The summed E-state index contributed by atoms with van der Waals surface area (Å²) < 4.78 is 0. The van der Waals surface area contributed by atoms with E-state index < -0.39 is 6.10 Å². The Bertz CT molecular complexity index is 157. The van der Waals surface area contributed by atoms with Gasteiger partial charge in [0.2, 0.25) is 0 Å². The number of hydrogen-bond acceptors (Lipinski definition) is 3. The molecule has 0 aliphatic rings. The zero-order valence-corrected chi connectivity index (χ0v) is 7.80. The number of aliphatic hydroxyl groups excluding tert-OH is 1. The van der Waals surface area contributed by atoms with E-state index in [2.05, 4.69) is 0 Å². The highest BCUT2D eigenvalue weighted by Crippen LogP contribution is 2.12. The maximum Gasteiger partial charge on any atom is 0.0936 e. The third-order valence-corrected chi connectivity index (χ3v) is 1.99. The molecule has 2 unspecified atom stereocenters. The third kappa shape index (κ3) is 4.23. The van der Waals surface area contributed by atoms with Gasteiger partial charge in [-0.15, -0.1) is 0 Å². The minimum Gasteiger partial charge on any atom is -0.387 e. The Morgan fingerprint density at radius 3 is 2.58 bits per heavy atom. The Morgan fingerprint density at radius 2 is 2.17 bits per heavy atom. The van der Waals surface area contributed by atoms with Gasteiger partial charge in [0.05, 0.1) is 6.10 Å². The van der Waals surface area contributed by atoms with Crippen LogP contribution < -0.4 is 0 Å². The van der Waals surface area contributed by atoms with E-state index >= 15 is 0 Å². The first-order valence-electron chi connectivity index (χ1n) is 4.31. The molecule has 0 saturated heterocycles. The van der Waals surface area contributed by atoms with Gasteiger partial charge in [0.25, 0.3) is 0 Å². The molecule has 0 aliphatic carbocycles. The highest BCUT2D eigenvalue weighted by atomic mass is 16.3. The third-order valence-electron chi connectivity index (χ3n) is 1.99. The summed E-state index contributed by atoms with van der Waals surface area (Å²) in [7, 11) is 0. The summed E-state index contributed by atoms with van der Waals surface area (Å²) in [6.07, 6.45) is 3.36. The fraction of sp³-hybridized carbons (Fsp3) is 0.778. The number of rotatable bonds is 6. The van der Waals surface area contributed by atoms with Crippen molar-refractivity contribution in [3.05, 3.63) is 0 Å². The molecule has 0 amide bonds. The summed E-state index contributed by atoms with van der Waals surface area (Å²) in [5.41, 5.74) is 0.331. The Kier molecular flexibility index (Phi) is 5.54. The number of unbranched alkanes of at least 4 members (excludes halogenated alkanes) is 1. The highest BCUT2D eigenvalue weighted by Gasteiger charge is 2.14. The van der Waals surface area contributed by atoms with E-state index in [-0.39, 0.29) is 5.92 Å². The van der Waals surface area contributed by atoms with Crippen molar-refractivity contribution in [3.63, 3.8) is 0 Å². The summed E-state index contributed by atoms with van der Waals surface area (Å²) >= 11 is 0. The lowest BCUT2D eigenvalue weighted by Gasteiger charge is -2.16. The van der Waals surface area contributed by atoms with Gasteiger partial charge in [-0.25, -0.2) is 0 Å². The highest BCUT2D eigenvalue weighted by molar-refractivity contribution is 5.83. The van der Waals surface area contributed by atoms with Crippen molar-refractivity contribution in [2.45, 2.75) is 39.2 Å². The SMILES string of the molecule is CC(=N)C(O)C(C)CCCC=N. The molecule has 3 nitrogen and oxygen atoms in total. The van der Waals surface area contributed by atoms with E-state index in [1.54, 1.807) is 6.92 Å². The van der Waals surface area contributed by atoms with Crippen LogP contribution in [0.3, 0.4) is 0 Å². The van der Waals surface area contributed by atoms with Crippen LogP contribution in [-0.4, -0.2) is 23.1 Å². The van der Waals surface area contributed by atoms with E-state index in [1.807, 2.05) is 6.92 Å². The number of aliphatic hydroxyl groups is 1. The summed E-state index contributed by atoms with van der Waals surface area (Å²) in [4.78, 5) is 0. The first-order valence-corrected chi connectivity index (χ1v) is 4.31. The smallest absolute Gasteiger partial charge is 0.0936 e. The predicted molar refractivity (Wildman–Crippen MR) is 51.2 cm³/mol. The average Bonchev–Trinajstić information content (AvgIpc) is 2.03. The Labute approximate surface area is 73.8 Å². The van der Waals surface area contributed by atoms with Crippen molar-refractivity contribution < 1.29 is 5.11 Å². The standard InChI is InChI=1S/C9H18N2O/c1-7(5-3-4-6-10)9(12)8(2)11/h6-7,9-12H,3-5H2,1-2H3. The van der Waals surface area contributed by atoms with E-state index in [4.69, 9.17) is 10.8 Å². The molecule has 0 aromatic rings. The lowest BCUT2D eigenvalue weighted by Crippen LogP contribution is -2.24. The molecule has 0 saturated carbocycles. The summed E-state index contributed by atoms with van der Waals surface area (Å²) in [6.45, 7) is 3.56. The second-order valence-electron chi connectivity index (χ2n) is 3.24. The molecule has 0 aromatic carbocycles. The van der Waals surface area contributed by atoms with Crippen LogP contribution in [0.4, 0.5) is 0 Å². The van der Waals surface area contributed by atoms with Crippen LogP contribution in [0.1, 0.15) is 33.1 Å². The molecule has 0 rings (SSSR count). The van der Waals surface area contributed by atoms with Crippen LogP contribution in [-0.2, 0) is 0 Å². The maximum atomic E-state index is 9.41. The summed E-state index contributed by atoms with van der Waals surface area (Å²) in [5.74, 6) is 0.141. The van der Waals surface area contributed by atoms with Crippen LogP contribution in [0.5, 0.6) is 0 Å². The Hall–Kier alpha value is -0.700. The van der Waals surface area contributed by atoms with E-state index in [1.165, 1.54) is 6.21 Å². The van der Waals surface area contributed by atoms with Crippen LogP contribution in [0, 0.1) is 16.7 Å². The van der Waals surface area contributed by atoms with Crippen molar-refractivity contribution in [2.75, 3.05) is 0 Å². The molecule has 0 spiro atoms. The lowest BCUT2D eigenvalue weighted by molar-refractivity contribution is 0.172. The zero-order valence-electron chi connectivity index (χ0n) is 7.80. The Morgan fingerprint density at radius 1 is 1.58 bits per heavy atom. The molecule has 0 bridgehead atoms. The van der Waals surface area contributed by atoms with Crippen LogP contribution in [0.15, 0.2) is 0 Å². The lowest BCUT2D eigenvalue weighted by atomic mass is 9.95. The van der Waals surface area contributed by atoms with E-state index in [0.29, 0.717) is 5.71 Å². The Balaban J connectivity index is 3.63. The molecule has 70 valence electrons. The second-order valence-corrected chi connectivity index (χ2v) is 3.24. The molecule has 0 aliphatic heterocycles. The predicted octanol–water partition coefficient (Wildman–Crippen LogP) is 1.84. The minimum absolute atomic E-state index is 0.141. The van der Waals surface area contributed by atoms with Crippen molar-refractivity contribution in [2.24, 2.45) is 5.92 Å². The van der Waals surface area contributed by atoms with Crippen LogP contribution in [0.25, 0.3) is 0 Å². The van der Waals surface area contributed by atoms with Crippen molar-refractivity contribution >= 4 is 11.9 Å². The van der Waals surface area contributed by atoms with Gasteiger partial charge in [-0.3, -0.25) is 0 Å². The molecule has 2 atom stereocenters. The van der Waals surface area contributed by atoms with Gasteiger partial charge < -0.3 is 15.9 Å². The van der Waals surface area contributed by atoms with Gasteiger partial charge >= 0.3 is 0 Å². The summed E-state index contributed by atoms with van der Waals surface area (Å²) in [5, 5.41) is 23.4. The van der Waals surface area contributed by atoms with Crippen molar-refractivity contribution in [3.8, 4) is 0 Å². The molecule has 0 fully saturated rings. The van der Waals surface area contributed by atoms with E-state index in [9.17, 15) is 5.11 Å². The van der Waals surface area contributed by atoms with Crippen LogP contribution >= 0.6 is 0 Å². The quantitative estimate of drug-likeness (QED) is 0.413. The molecular weight excluding hydrogens is 152 g/mol. The number of nitrogens with one attached hydrogen (secondary N) is 2. The molecular formula is C9H18N2O. The van der Waals surface area contributed by atoms with Crippen molar-refractivity contribution in [1.82, 2.24) is 0 Å². The second kappa shape index (κ2) is 5.89. The van der Waals surface area contributed by atoms with Gasteiger partial charge in [0.1, 0.15) is 0 Å². The van der Waals surface area contributed by atoms with Crippen LogP contribution in [0.2, 0.25) is 0 Å². The van der Waals surface area contributed by atoms with Gasteiger partial charge in [-0.1, -0.05) is 6.92 Å².